The summed E-state index contributed by atoms with van der Waals surface area (Å²) in [6.45, 7) is 9.70. The lowest BCUT2D eigenvalue weighted by molar-refractivity contribution is -0.380. The maximum atomic E-state index is 12.7. The smallest absolute Gasteiger partial charge is 0.223 e. The van der Waals surface area contributed by atoms with E-state index in [9.17, 15) is 76.6 Å². The SMILES string of the molecule is C#CC#CC#COC(C)(OC1OC(COC2OC(CO)C(O)C(O)C2O)C(O)C(O)C1O)C1CCC2(C)C1C(O)CC1C3(C)CCC(OC4OC(CO)C(O)C(O)C4OC4OC(CO)C(O)C(O)C4O)C(C)(C)C3CCC12C. The highest BCUT2D eigenvalue weighted by Gasteiger charge is 2.73. The van der Waals surface area contributed by atoms with E-state index in [1.165, 1.54) is 0 Å². The first-order chi connectivity index (χ1) is 36.7. The van der Waals surface area contributed by atoms with Crippen molar-refractivity contribution in [2.75, 3.05) is 26.4 Å². The quantitative estimate of drug-likeness (QED) is 0.0444. The topological polar surface area (TPSA) is 387 Å². The van der Waals surface area contributed by atoms with Crippen molar-refractivity contribution in [1.82, 2.24) is 0 Å². The van der Waals surface area contributed by atoms with E-state index in [-0.39, 0.29) is 11.8 Å². The van der Waals surface area contributed by atoms with Gasteiger partial charge >= 0.3 is 0 Å². The molecule has 0 radical (unpaired) electrons. The van der Waals surface area contributed by atoms with Gasteiger partial charge in [-0.3, -0.25) is 0 Å². The summed E-state index contributed by atoms with van der Waals surface area (Å²) < 4.78 is 54.5. The molecule has 8 fully saturated rings. The maximum absolute atomic E-state index is 12.7. The second-order valence-electron chi connectivity index (χ2n) is 24.4. The molecule has 24 heteroatoms. The van der Waals surface area contributed by atoms with Gasteiger partial charge in [0.2, 0.25) is 5.79 Å². The van der Waals surface area contributed by atoms with Crippen LogP contribution in [0.4, 0.5) is 0 Å². The first-order valence-electron chi connectivity index (χ1n) is 27.0. The zero-order chi connectivity index (χ0) is 57.2. The summed E-state index contributed by atoms with van der Waals surface area (Å²) in [5.74, 6) is 6.55. The number of hydrogen-bond acceptors (Lipinski definition) is 24. The van der Waals surface area contributed by atoms with E-state index in [1.54, 1.807) is 6.92 Å². The number of terminal acetylenes is 1. The highest BCUT2D eigenvalue weighted by atomic mass is 16.8. The van der Waals surface area contributed by atoms with Gasteiger partial charge in [-0.15, -0.1) is 6.42 Å². The monoisotopic (exact) mass is 1110 g/mol. The molecule has 4 saturated carbocycles. The van der Waals surface area contributed by atoms with Crippen molar-refractivity contribution >= 4 is 0 Å². The lowest BCUT2D eigenvalue weighted by Gasteiger charge is -2.70. The third-order valence-corrected chi connectivity index (χ3v) is 20.1. The molecule has 8 rings (SSSR count). The highest BCUT2D eigenvalue weighted by Crippen LogP contribution is 2.76. The fourth-order valence-corrected chi connectivity index (χ4v) is 15.6. The Morgan fingerprint density at radius 3 is 1.67 bits per heavy atom. The van der Waals surface area contributed by atoms with Crippen molar-refractivity contribution in [2.24, 2.45) is 45.3 Å². The van der Waals surface area contributed by atoms with Gasteiger partial charge in [0, 0.05) is 24.7 Å². The summed E-state index contributed by atoms with van der Waals surface area (Å²) >= 11 is 0. The Labute approximate surface area is 453 Å². The van der Waals surface area contributed by atoms with Crippen LogP contribution in [0.1, 0.15) is 86.5 Å². The van der Waals surface area contributed by atoms with Crippen LogP contribution >= 0.6 is 0 Å². The first-order valence-corrected chi connectivity index (χ1v) is 27.0. The van der Waals surface area contributed by atoms with Crippen LogP contribution in [0.25, 0.3) is 0 Å². The largest absolute Gasteiger partial charge is 0.411 e. The molecule has 30 atom stereocenters. The van der Waals surface area contributed by atoms with Crippen LogP contribution in [0.3, 0.4) is 0 Å². The first kappa shape index (κ1) is 61.6. The van der Waals surface area contributed by atoms with Gasteiger partial charge in [-0.05, 0) is 96.2 Å². The minimum atomic E-state index is -1.88. The van der Waals surface area contributed by atoms with Crippen LogP contribution in [0.15, 0.2) is 0 Å². The van der Waals surface area contributed by atoms with Gasteiger partial charge in [0.15, 0.2) is 25.2 Å². The molecule has 0 aromatic heterocycles. The van der Waals surface area contributed by atoms with E-state index < -0.39 is 201 Å². The molecular formula is C54H82O24. The Morgan fingerprint density at radius 1 is 0.538 bits per heavy atom. The average molecular weight is 1120 g/mol. The molecule has 0 aromatic carbocycles. The van der Waals surface area contributed by atoms with Crippen LogP contribution in [-0.2, 0) is 42.6 Å². The Balaban J connectivity index is 1.02. The van der Waals surface area contributed by atoms with E-state index >= 15 is 0 Å². The minimum absolute atomic E-state index is 0.0235. The standard InChI is InChI=1S/C54H82O24/c1-8-9-10-11-18-71-54(7,78-48-44(69)40(65)37(62)29(75-48)23-70-46-42(67)38(63)34(59)26(20-55)72-46)24-12-16-53(6)33(24)25(58)19-31-51(4)15-14-32(50(2,3)30(51)13-17-52(31,53)5)76-49-45(41(66)36(61)28(22-57)74-49)77-47-43(68)39(64)35(60)27(21-56)73-47/h1,24-49,55-69H,12-17,19-23H2,2-7H3. The molecule has 442 valence electrons. The normalized spacial score (nSPS) is 51.6. The predicted molar refractivity (Wildman–Crippen MR) is 263 cm³/mol. The molecule has 0 aromatic rings. The Morgan fingerprint density at radius 2 is 1.06 bits per heavy atom. The van der Waals surface area contributed by atoms with Crippen LogP contribution < -0.4 is 0 Å². The maximum Gasteiger partial charge on any atom is 0.223 e. The number of aliphatic hydroxyl groups is 15. The van der Waals surface area contributed by atoms with Crippen molar-refractivity contribution in [2.45, 2.75) is 227 Å². The van der Waals surface area contributed by atoms with Crippen molar-refractivity contribution < 1.29 is 119 Å². The molecule has 4 saturated heterocycles. The molecule has 4 aliphatic carbocycles. The third-order valence-electron chi connectivity index (χ3n) is 20.1. The highest BCUT2D eigenvalue weighted by molar-refractivity contribution is 5.33. The molecule has 0 spiro atoms. The van der Waals surface area contributed by atoms with E-state index in [1.807, 2.05) is 0 Å². The lowest BCUT2D eigenvalue weighted by atomic mass is 9.35. The van der Waals surface area contributed by atoms with Gasteiger partial charge in [-0.1, -0.05) is 34.6 Å². The van der Waals surface area contributed by atoms with Crippen LogP contribution in [0.2, 0.25) is 0 Å². The van der Waals surface area contributed by atoms with Gasteiger partial charge < -0.3 is 119 Å². The molecule has 8 aliphatic rings. The van der Waals surface area contributed by atoms with Gasteiger partial charge in [-0.25, -0.2) is 0 Å². The minimum Gasteiger partial charge on any atom is -0.411 e. The third kappa shape index (κ3) is 10.7. The van der Waals surface area contributed by atoms with Crippen LogP contribution in [0.5, 0.6) is 0 Å². The Kier molecular flexibility index (Phi) is 18.7. The van der Waals surface area contributed by atoms with Gasteiger partial charge in [0.1, 0.15) is 104 Å². The number of fused-ring (bicyclic) bond motifs is 5. The molecule has 24 nitrogen and oxygen atoms in total. The van der Waals surface area contributed by atoms with E-state index in [4.69, 9.17) is 49.1 Å². The van der Waals surface area contributed by atoms with Crippen molar-refractivity contribution in [1.29, 1.82) is 0 Å². The summed E-state index contributed by atoms with van der Waals surface area (Å²) in [4.78, 5) is 0. The second-order valence-corrected chi connectivity index (χ2v) is 24.4. The molecule has 4 aliphatic heterocycles. The summed E-state index contributed by atoms with van der Waals surface area (Å²) in [5.41, 5.74) is -2.01. The van der Waals surface area contributed by atoms with Gasteiger partial charge in [0.25, 0.3) is 0 Å². The van der Waals surface area contributed by atoms with Crippen molar-refractivity contribution in [3.05, 3.63) is 0 Å². The number of hydrogen-bond donors (Lipinski definition) is 15. The van der Waals surface area contributed by atoms with E-state index in [0.29, 0.717) is 38.5 Å². The Hall–Kier alpha value is -2.44. The molecule has 15 N–H and O–H groups in total. The Bertz CT molecular complexity index is 2230. The van der Waals surface area contributed by atoms with Crippen LogP contribution in [0, 0.1) is 81.5 Å². The van der Waals surface area contributed by atoms with Crippen molar-refractivity contribution in [3.63, 3.8) is 0 Å². The summed E-state index contributed by atoms with van der Waals surface area (Å²) in [6, 6.07) is 0. The van der Waals surface area contributed by atoms with Crippen LogP contribution in [-0.4, -0.2) is 244 Å². The summed E-state index contributed by atoms with van der Waals surface area (Å²) in [7, 11) is 0. The number of aliphatic hydroxyl groups excluding tert-OH is 15. The lowest BCUT2D eigenvalue weighted by Crippen LogP contribution is -2.68. The van der Waals surface area contributed by atoms with E-state index in [0.717, 1.165) is 6.42 Å². The molecule has 4 heterocycles. The molecule has 0 bridgehead atoms. The summed E-state index contributed by atoms with van der Waals surface area (Å²) in [6.07, 6.45) is -22.6. The fourth-order valence-electron chi connectivity index (χ4n) is 15.6. The number of rotatable bonds is 14. The average Bonchev–Trinajstić information content (AvgIpc) is 3.87. The number of ether oxygens (including phenoxy) is 9. The van der Waals surface area contributed by atoms with Gasteiger partial charge in [-0.2, -0.15) is 0 Å². The molecule has 0 amide bonds. The molecule has 78 heavy (non-hydrogen) atoms. The molecule has 30 unspecified atom stereocenters. The van der Waals surface area contributed by atoms with Crippen molar-refractivity contribution in [3.8, 4) is 36.2 Å². The van der Waals surface area contributed by atoms with Gasteiger partial charge in [0.05, 0.1) is 38.6 Å². The molecular weight excluding hydrogens is 1030 g/mol. The summed E-state index contributed by atoms with van der Waals surface area (Å²) in [5, 5.41) is 161. The predicted octanol–water partition coefficient (Wildman–Crippen LogP) is -4.38. The zero-order valence-electron chi connectivity index (χ0n) is 44.7. The fraction of sp³-hybridized carbons (Fsp3) is 0.889. The van der Waals surface area contributed by atoms with E-state index in [2.05, 4.69) is 64.4 Å². The zero-order valence-corrected chi connectivity index (χ0v) is 44.7. The second kappa shape index (κ2) is 23.7.